The van der Waals surface area contributed by atoms with E-state index in [-0.39, 0.29) is 17.8 Å². The zero-order valence-corrected chi connectivity index (χ0v) is 13.1. The largest absolute Gasteiger partial charge is 0.495 e. The monoisotopic (exact) mass is 325 g/mol. The Morgan fingerprint density at radius 1 is 1.36 bits per heavy atom. The molecule has 2 fully saturated rings. The average molecular weight is 325 g/mol. The van der Waals surface area contributed by atoms with Crippen LogP contribution in [0.5, 0.6) is 5.75 Å². The van der Waals surface area contributed by atoms with Crippen molar-refractivity contribution >= 4 is 27.4 Å². The van der Waals surface area contributed by atoms with E-state index < -0.39 is 10.0 Å². The predicted octanol–water partition coefficient (Wildman–Crippen LogP) is 1.52. The molecule has 2 amide bonds. The number of urea groups is 1. The average Bonchev–Trinajstić information content (AvgIpc) is 3.20. The number of anilines is 2. The predicted molar refractivity (Wildman–Crippen MR) is 83.9 cm³/mol. The maximum atomic E-state index is 12.0. The van der Waals surface area contributed by atoms with E-state index in [4.69, 9.17) is 4.74 Å². The molecule has 2 N–H and O–H groups in total. The number of ether oxygens (including phenoxy) is 1. The van der Waals surface area contributed by atoms with Crippen molar-refractivity contribution in [3.63, 3.8) is 0 Å². The van der Waals surface area contributed by atoms with Gasteiger partial charge in [0.05, 0.1) is 24.2 Å². The van der Waals surface area contributed by atoms with Crippen molar-refractivity contribution in [1.29, 1.82) is 0 Å². The number of nitrogens with one attached hydrogen (secondary N) is 2. The Morgan fingerprint density at radius 2 is 2.14 bits per heavy atom. The summed E-state index contributed by atoms with van der Waals surface area (Å²) in [5.74, 6) is 0.649. The fourth-order valence-electron chi connectivity index (χ4n) is 2.45. The number of carbonyl (C=O) groups is 1. The molecule has 22 heavy (non-hydrogen) atoms. The van der Waals surface area contributed by atoms with E-state index in [1.54, 1.807) is 18.2 Å². The minimum absolute atomic E-state index is 0.157. The molecule has 0 atom stereocenters. The molecule has 0 aromatic heterocycles. The van der Waals surface area contributed by atoms with Gasteiger partial charge in [0.15, 0.2) is 0 Å². The van der Waals surface area contributed by atoms with Gasteiger partial charge in [0, 0.05) is 12.6 Å². The maximum Gasteiger partial charge on any atom is 0.319 e. The number of nitrogens with zero attached hydrogens (tertiary/aromatic N) is 1. The number of hydrogen-bond acceptors (Lipinski definition) is 4. The summed E-state index contributed by atoms with van der Waals surface area (Å²) in [5.41, 5.74) is 1.00. The Bertz CT molecular complexity index is 685. The van der Waals surface area contributed by atoms with Gasteiger partial charge in [-0.2, -0.15) is 0 Å². The summed E-state index contributed by atoms with van der Waals surface area (Å²) in [5, 5.41) is 5.55. The molecule has 0 radical (unpaired) electrons. The van der Waals surface area contributed by atoms with Crippen LogP contribution in [0.4, 0.5) is 16.2 Å². The first-order valence-electron chi connectivity index (χ1n) is 7.25. The molecule has 0 bridgehead atoms. The van der Waals surface area contributed by atoms with Crippen LogP contribution in [0.1, 0.15) is 19.3 Å². The highest BCUT2D eigenvalue weighted by atomic mass is 32.2. The van der Waals surface area contributed by atoms with Gasteiger partial charge in [-0.1, -0.05) is 0 Å². The molecule has 2 aliphatic rings. The third-order valence-corrected chi connectivity index (χ3v) is 5.60. The first-order valence-corrected chi connectivity index (χ1v) is 8.86. The Balaban J connectivity index is 1.83. The van der Waals surface area contributed by atoms with E-state index in [0.29, 0.717) is 30.1 Å². The quantitative estimate of drug-likeness (QED) is 0.878. The topological polar surface area (TPSA) is 87.7 Å². The van der Waals surface area contributed by atoms with Crippen molar-refractivity contribution in [3.8, 4) is 5.75 Å². The molecule has 0 spiro atoms. The lowest BCUT2D eigenvalue weighted by Gasteiger charge is -2.19. The molecule has 1 saturated carbocycles. The third-order valence-electron chi connectivity index (χ3n) is 3.73. The van der Waals surface area contributed by atoms with Crippen molar-refractivity contribution in [1.82, 2.24) is 5.32 Å². The molecule has 7 nitrogen and oxygen atoms in total. The summed E-state index contributed by atoms with van der Waals surface area (Å²) < 4.78 is 30.6. The molecule has 1 aliphatic heterocycles. The van der Waals surface area contributed by atoms with Crippen molar-refractivity contribution in [2.45, 2.75) is 25.3 Å². The first kappa shape index (κ1) is 15.0. The molecule has 1 aromatic rings. The second-order valence-electron chi connectivity index (χ2n) is 5.50. The highest BCUT2D eigenvalue weighted by Crippen LogP contribution is 2.32. The number of rotatable bonds is 4. The fraction of sp³-hybridized carbons (Fsp3) is 0.500. The van der Waals surface area contributed by atoms with Gasteiger partial charge in [0.25, 0.3) is 0 Å². The van der Waals surface area contributed by atoms with E-state index in [1.165, 1.54) is 11.4 Å². The minimum Gasteiger partial charge on any atom is -0.495 e. The van der Waals surface area contributed by atoms with Gasteiger partial charge in [-0.15, -0.1) is 0 Å². The van der Waals surface area contributed by atoms with Gasteiger partial charge >= 0.3 is 6.03 Å². The molecular formula is C14H19N3O4S. The molecule has 0 unspecified atom stereocenters. The lowest BCUT2D eigenvalue weighted by atomic mass is 10.2. The lowest BCUT2D eigenvalue weighted by Crippen LogP contribution is -2.30. The van der Waals surface area contributed by atoms with Gasteiger partial charge in [-0.25, -0.2) is 13.2 Å². The molecule has 8 heteroatoms. The Hall–Kier alpha value is -1.96. The van der Waals surface area contributed by atoms with E-state index >= 15 is 0 Å². The Morgan fingerprint density at radius 3 is 2.73 bits per heavy atom. The zero-order chi connectivity index (χ0) is 15.7. The zero-order valence-electron chi connectivity index (χ0n) is 12.3. The summed E-state index contributed by atoms with van der Waals surface area (Å²) in [7, 11) is -1.74. The molecule has 1 aromatic carbocycles. The van der Waals surface area contributed by atoms with Gasteiger partial charge in [0.1, 0.15) is 5.75 Å². The number of amides is 2. The smallest absolute Gasteiger partial charge is 0.319 e. The molecular weight excluding hydrogens is 306 g/mol. The Kier molecular flexibility index (Phi) is 3.86. The van der Waals surface area contributed by atoms with Crippen molar-refractivity contribution in [2.75, 3.05) is 29.0 Å². The number of benzene rings is 1. The van der Waals surface area contributed by atoms with Crippen molar-refractivity contribution in [2.24, 2.45) is 0 Å². The maximum absolute atomic E-state index is 12.0. The van der Waals surface area contributed by atoms with Crippen LogP contribution < -0.4 is 19.7 Å². The highest BCUT2D eigenvalue weighted by molar-refractivity contribution is 7.93. The second kappa shape index (κ2) is 5.68. The van der Waals surface area contributed by atoms with Gasteiger partial charge < -0.3 is 15.4 Å². The van der Waals surface area contributed by atoms with E-state index in [1.807, 2.05) is 0 Å². The second-order valence-corrected chi connectivity index (χ2v) is 7.51. The number of sulfonamides is 1. The van der Waals surface area contributed by atoms with Crippen molar-refractivity contribution < 1.29 is 17.9 Å². The highest BCUT2D eigenvalue weighted by Gasteiger charge is 2.29. The van der Waals surface area contributed by atoms with E-state index in [2.05, 4.69) is 10.6 Å². The van der Waals surface area contributed by atoms with Crippen LogP contribution in [0.3, 0.4) is 0 Å². The van der Waals surface area contributed by atoms with Crippen molar-refractivity contribution in [3.05, 3.63) is 18.2 Å². The summed E-state index contributed by atoms with van der Waals surface area (Å²) in [6.45, 7) is 0.461. The van der Waals surface area contributed by atoms with Crippen LogP contribution in [0.15, 0.2) is 18.2 Å². The van der Waals surface area contributed by atoms with Gasteiger partial charge in [0.2, 0.25) is 10.0 Å². The standard InChI is InChI=1S/C14H19N3O4S/c1-21-13-6-5-11(17-7-2-8-22(17,19)20)9-12(13)16-14(18)15-10-3-4-10/h5-6,9-10H,2-4,7-8H2,1H3,(H2,15,16,18). The van der Waals surface area contributed by atoms with E-state index in [9.17, 15) is 13.2 Å². The lowest BCUT2D eigenvalue weighted by molar-refractivity contribution is 0.251. The van der Waals surface area contributed by atoms with Crippen LogP contribution in [0, 0.1) is 0 Å². The number of hydrogen-bond donors (Lipinski definition) is 2. The first-order chi connectivity index (χ1) is 10.5. The van der Waals surface area contributed by atoms with Crippen LogP contribution >= 0.6 is 0 Å². The normalized spacial score (nSPS) is 19.8. The van der Waals surface area contributed by atoms with E-state index in [0.717, 1.165) is 12.8 Å². The SMILES string of the molecule is COc1ccc(N2CCCS2(=O)=O)cc1NC(=O)NC1CC1. The molecule has 120 valence electrons. The number of carbonyl (C=O) groups excluding carboxylic acids is 1. The summed E-state index contributed by atoms with van der Waals surface area (Å²) >= 11 is 0. The third kappa shape index (κ3) is 3.11. The molecule has 1 aliphatic carbocycles. The Labute approximate surface area is 129 Å². The van der Waals surface area contributed by atoms with Crippen LogP contribution in [0.2, 0.25) is 0 Å². The summed E-state index contributed by atoms with van der Waals surface area (Å²) in [4.78, 5) is 11.9. The molecule has 3 rings (SSSR count). The molecule has 1 saturated heterocycles. The van der Waals surface area contributed by atoms with Gasteiger partial charge in [-0.3, -0.25) is 4.31 Å². The summed E-state index contributed by atoms with van der Waals surface area (Å²) in [6.07, 6.45) is 2.60. The van der Waals surface area contributed by atoms with Crippen LogP contribution in [0.25, 0.3) is 0 Å². The summed E-state index contributed by atoms with van der Waals surface area (Å²) in [6, 6.07) is 4.92. The van der Waals surface area contributed by atoms with Crippen LogP contribution in [-0.2, 0) is 10.0 Å². The van der Waals surface area contributed by atoms with Crippen LogP contribution in [-0.4, -0.2) is 39.9 Å². The fourth-order valence-corrected chi connectivity index (χ4v) is 4.01. The number of methoxy groups -OCH3 is 1. The minimum atomic E-state index is -3.25. The van der Waals surface area contributed by atoms with Gasteiger partial charge in [-0.05, 0) is 37.5 Å². The molecule has 1 heterocycles.